The Kier molecular flexibility index (Phi) is 5.05. The Balaban J connectivity index is 0.000000720. The molecule has 0 saturated carbocycles. The summed E-state index contributed by atoms with van der Waals surface area (Å²) in [7, 11) is 0. The number of benzene rings is 3. The first-order chi connectivity index (χ1) is 9.95. The van der Waals surface area contributed by atoms with Gasteiger partial charge in [-0.15, -0.1) is 0 Å². The summed E-state index contributed by atoms with van der Waals surface area (Å²) in [6.45, 7) is 0. The number of rotatable bonds is 0. The zero-order valence-corrected chi connectivity index (χ0v) is 14.4. The molecule has 6 rings (SSSR count). The number of hydrogen-bond donors (Lipinski definition) is 0. The first kappa shape index (κ1) is 17.8. The molecule has 0 aliphatic heterocycles. The summed E-state index contributed by atoms with van der Waals surface area (Å²) in [5, 5.41) is 0. The van der Waals surface area contributed by atoms with Gasteiger partial charge in [0.1, 0.15) is 0 Å². The fraction of sp³-hybridized carbons (Fsp3) is 0.136. The Hall–Kier alpha value is -1.54. The van der Waals surface area contributed by atoms with E-state index in [4.69, 9.17) is 0 Å². The van der Waals surface area contributed by atoms with Gasteiger partial charge >= 0.3 is 0 Å². The third-order valence-corrected chi connectivity index (χ3v) is 4.62. The molecule has 0 fully saturated rings. The van der Waals surface area contributed by atoms with Crippen LogP contribution in [0.15, 0.2) is 72.8 Å². The molecule has 3 aromatic carbocycles. The Morgan fingerprint density at radius 1 is 0.522 bits per heavy atom. The molecule has 0 amide bonds. The average Bonchev–Trinajstić information content (AvgIpc) is 2.54. The predicted octanol–water partition coefficient (Wildman–Crippen LogP) is 5.65. The van der Waals surface area contributed by atoms with Gasteiger partial charge in [0, 0.05) is 31.3 Å². The van der Waals surface area contributed by atoms with E-state index in [2.05, 4.69) is 72.8 Å². The molecule has 0 atom stereocenters. The Labute approximate surface area is 158 Å². The fourth-order valence-electron chi connectivity index (χ4n) is 3.87. The molecule has 3 aliphatic rings. The maximum absolute atomic E-state index is 2.28. The van der Waals surface area contributed by atoms with Gasteiger partial charge in [-0.3, -0.25) is 0 Å². The van der Waals surface area contributed by atoms with Crippen LogP contribution in [0.4, 0.5) is 0 Å². The van der Waals surface area contributed by atoms with Gasteiger partial charge in [0.2, 0.25) is 0 Å². The van der Waals surface area contributed by atoms with E-state index in [9.17, 15) is 0 Å². The molecular formula is C22H23Sn. The monoisotopic (exact) mass is 407 g/mol. The molecule has 0 N–H and O–H groups in total. The third-order valence-electron chi connectivity index (χ3n) is 4.62. The average molecular weight is 406 g/mol. The van der Waals surface area contributed by atoms with E-state index in [0.29, 0.717) is 5.92 Å². The van der Waals surface area contributed by atoms with Gasteiger partial charge in [-0.25, -0.2) is 0 Å². The van der Waals surface area contributed by atoms with Gasteiger partial charge in [-0.05, 0) is 33.4 Å². The molecular weight excluding hydrogens is 383 g/mol. The summed E-state index contributed by atoms with van der Waals surface area (Å²) in [6, 6.07) is 26.6. The fourth-order valence-corrected chi connectivity index (χ4v) is 3.87. The summed E-state index contributed by atoms with van der Waals surface area (Å²) in [5.74, 6) is 1.81. The molecule has 23 heavy (non-hydrogen) atoms. The Bertz CT molecular complexity index is 659. The second-order valence-corrected chi connectivity index (χ2v) is 5.57. The van der Waals surface area contributed by atoms with Gasteiger partial charge in [0.05, 0.1) is 5.92 Å². The maximum atomic E-state index is 2.28. The SMILES string of the molecule is C.C.[HH].[Sn].c1ccc2c(c1)[C]1c3ccccc3C2c2ccccc21. The van der Waals surface area contributed by atoms with Gasteiger partial charge in [-0.1, -0.05) is 87.6 Å². The second kappa shape index (κ2) is 6.52. The molecule has 0 unspecified atom stereocenters. The van der Waals surface area contributed by atoms with Crippen molar-refractivity contribution < 1.29 is 1.43 Å². The van der Waals surface area contributed by atoms with E-state index in [1.54, 1.807) is 0 Å². The van der Waals surface area contributed by atoms with Crippen LogP contribution in [-0.2, 0) is 0 Å². The van der Waals surface area contributed by atoms with Crippen molar-refractivity contribution in [1.29, 1.82) is 0 Å². The van der Waals surface area contributed by atoms with E-state index < -0.39 is 0 Å². The maximum Gasteiger partial charge on any atom is 0.0638 e. The van der Waals surface area contributed by atoms with E-state index in [1.807, 2.05) is 0 Å². The van der Waals surface area contributed by atoms with Crippen molar-refractivity contribution in [2.75, 3.05) is 0 Å². The van der Waals surface area contributed by atoms with E-state index in [0.717, 1.165) is 0 Å². The van der Waals surface area contributed by atoms with Crippen molar-refractivity contribution in [2.45, 2.75) is 20.8 Å². The molecule has 1 heteroatoms. The first-order valence-electron chi connectivity index (χ1n) is 7.10. The molecule has 5 radical (unpaired) electrons. The molecule has 0 heterocycles. The van der Waals surface area contributed by atoms with Crippen LogP contribution in [-0.4, -0.2) is 23.9 Å². The summed E-state index contributed by atoms with van der Waals surface area (Å²) in [6.07, 6.45) is 0. The molecule has 0 spiro atoms. The predicted molar refractivity (Wildman–Crippen MR) is 102 cm³/mol. The minimum Gasteiger partial charge on any atom is -0.0776 e. The molecule has 0 saturated heterocycles. The topological polar surface area (TPSA) is 0 Å². The van der Waals surface area contributed by atoms with Crippen LogP contribution >= 0.6 is 0 Å². The van der Waals surface area contributed by atoms with Gasteiger partial charge in [0.15, 0.2) is 0 Å². The van der Waals surface area contributed by atoms with Crippen LogP contribution in [0.5, 0.6) is 0 Å². The van der Waals surface area contributed by atoms with Gasteiger partial charge in [-0.2, -0.15) is 0 Å². The van der Waals surface area contributed by atoms with Crippen molar-refractivity contribution in [1.82, 2.24) is 0 Å². The minimum atomic E-state index is 0. The van der Waals surface area contributed by atoms with Crippen molar-refractivity contribution in [3.63, 3.8) is 0 Å². The standard InChI is InChI=1S/C20H13.2CH4.Sn.H2/c1-2-8-14-13(7-1)19-15-9-3-5-11-17(15)20(14)18-12-6-4-10-16(18)19;;;;/h1-12,19H;2*1H4;;1H. The van der Waals surface area contributed by atoms with Crippen LogP contribution in [0, 0.1) is 5.92 Å². The van der Waals surface area contributed by atoms with Crippen molar-refractivity contribution in [3.8, 4) is 0 Å². The van der Waals surface area contributed by atoms with Gasteiger partial charge in [0.25, 0.3) is 0 Å². The van der Waals surface area contributed by atoms with Crippen LogP contribution < -0.4 is 0 Å². The minimum absolute atomic E-state index is 0. The molecule has 0 aromatic heterocycles. The van der Waals surface area contributed by atoms with Crippen LogP contribution in [0.2, 0.25) is 0 Å². The smallest absolute Gasteiger partial charge is 0.0638 e. The van der Waals surface area contributed by atoms with E-state index in [1.165, 1.54) is 39.3 Å². The summed E-state index contributed by atoms with van der Waals surface area (Å²) in [4.78, 5) is 0. The zero-order chi connectivity index (χ0) is 13.1. The summed E-state index contributed by atoms with van der Waals surface area (Å²) < 4.78 is 0. The van der Waals surface area contributed by atoms with Crippen LogP contribution in [0.3, 0.4) is 0 Å². The molecule has 2 bridgehead atoms. The molecule has 3 aliphatic carbocycles. The van der Waals surface area contributed by atoms with Gasteiger partial charge < -0.3 is 0 Å². The van der Waals surface area contributed by atoms with E-state index >= 15 is 0 Å². The summed E-state index contributed by atoms with van der Waals surface area (Å²) >= 11 is 0. The van der Waals surface area contributed by atoms with Crippen LogP contribution in [0.25, 0.3) is 0 Å². The van der Waals surface area contributed by atoms with Crippen molar-refractivity contribution >= 4 is 23.9 Å². The largest absolute Gasteiger partial charge is 0.0776 e. The first-order valence-corrected chi connectivity index (χ1v) is 7.10. The zero-order valence-electron chi connectivity index (χ0n) is 11.5. The molecule has 0 nitrogen and oxygen atoms in total. The van der Waals surface area contributed by atoms with Crippen molar-refractivity contribution in [3.05, 3.63) is 112 Å². The number of hydrogen-bond acceptors (Lipinski definition) is 0. The van der Waals surface area contributed by atoms with Crippen molar-refractivity contribution in [2.24, 2.45) is 0 Å². The Morgan fingerprint density at radius 3 is 1.17 bits per heavy atom. The normalized spacial score (nSPS) is 13.6. The molecule has 115 valence electrons. The molecule has 3 aromatic rings. The quantitative estimate of drug-likeness (QED) is 0.292. The summed E-state index contributed by atoms with van der Waals surface area (Å²) in [5.41, 5.74) is 8.61. The van der Waals surface area contributed by atoms with E-state index in [-0.39, 0.29) is 40.2 Å². The second-order valence-electron chi connectivity index (χ2n) is 5.57. The van der Waals surface area contributed by atoms with Crippen LogP contribution in [0.1, 0.15) is 55.6 Å². The Morgan fingerprint density at radius 2 is 0.826 bits per heavy atom. The third kappa shape index (κ3) is 2.27.